The van der Waals surface area contributed by atoms with E-state index in [-0.39, 0.29) is 0 Å². The van der Waals surface area contributed by atoms with Gasteiger partial charge in [0, 0.05) is 6.54 Å². The fraction of sp³-hybridized carbons (Fsp3) is 0.300. The van der Waals surface area contributed by atoms with Crippen molar-refractivity contribution >= 4 is 0 Å². The summed E-state index contributed by atoms with van der Waals surface area (Å²) in [5.41, 5.74) is 0.943. The normalized spacial score (nSPS) is 12.8. The number of hydrogen-bond donors (Lipinski definition) is 2. The van der Waals surface area contributed by atoms with Crippen molar-refractivity contribution in [2.24, 2.45) is 0 Å². The van der Waals surface area contributed by atoms with Crippen LogP contribution in [0, 0.1) is 6.92 Å². The number of rotatable bonds is 4. The van der Waals surface area contributed by atoms with E-state index in [2.05, 4.69) is 12.2 Å². The van der Waals surface area contributed by atoms with Crippen molar-refractivity contribution in [1.29, 1.82) is 0 Å². The van der Waals surface area contributed by atoms with Crippen molar-refractivity contribution in [1.82, 2.24) is 5.32 Å². The highest BCUT2D eigenvalue weighted by Gasteiger charge is 2.03. The summed E-state index contributed by atoms with van der Waals surface area (Å²) in [5.74, 6) is 0. The van der Waals surface area contributed by atoms with Gasteiger partial charge >= 0.3 is 0 Å². The first-order valence-electron chi connectivity index (χ1n) is 4.07. The van der Waals surface area contributed by atoms with Crippen molar-refractivity contribution < 1.29 is 5.11 Å². The lowest BCUT2D eigenvalue weighted by Gasteiger charge is -2.10. The lowest BCUT2D eigenvalue weighted by molar-refractivity contribution is 0.176. The molecule has 2 nitrogen and oxygen atoms in total. The average Bonchev–Trinajstić information content (AvgIpc) is 2.15. The first-order valence-corrected chi connectivity index (χ1v) is 4.07. The van der Waals surface area contributed by atoms with Gasteiger partial charge in [0.05, 0.1) is 6.10 Å². The molecule has 1 unspecified atom stereocenters. The molecule has 0 fully saturated rings. The Bertz CT molecular complexity index is 210. The maximum Gasteiger partial charge on any atom is 0.0914 e. The van der Waals surface area contributed by atoms with Crippen LogP contribution in [-0.2, 0) is 0 Å². The number of aliphatic hydroxyl groups is 1. The Hall–Kier alpha value is -0.860. The maximum absolute atomic E-state index is 9.56. The maximum atomic E-state index is 9.56. The van der Waals surface area contributed by atoms with Crippen LogP contribution in [0.4, 0.5) is 0 Å². The van der Waals surface area contributed by atoms with E-state index in [1.165, 1.54) is 0 Å². The van der Waals surface area contributed by atoms with Gasteiger partial charge in [0.25, 0.3) is 0 Å². The molecule has 0 aliphatic rings. The van der Waals surface area contributed by atoms with E-state index in [1.54, 1.807) is 0 Å². The smallest absolute Gasteiger partial charge is 0.0914 e. The highest BCUT2D eigenvalue weighted by molar-refractivity contribution is 5.17. The topological polar surface area (TPSA) is 32.3 Å². The minimum absolute atomic E-state index is 0.423. The Morgan fingerprint density at radius 3 is 2.58 bits per heavy atom. The third kappa shape index (κ3) is 2.64. The molecule has 0 aliphatic heterocycles. The van der Waals surface area contributed by atoms with E-state index in [1.807, 2.05) is 30.3 Å². The van der Waals surface area contributed by atoms with Crippen LogP contribution in [0.25, 0.3) is 0 Å². The van der Waals surface area contributed by atoms with Crippen LogP contribution in [0.5, 0.6) is 0 Å². The van der Waals surface area contributed by atoms with E-state index in [9.17, 15) is 5.11 Å². The van der Waals surface area contributed by atoms with Crippen LogP contribution in [0.15, 0.2) is 30.3 Å². The van der Waals surface area contributed by atoms with E-state index >= 15 is 0 Å². The highest BCUT2D eigenvalue weighted by atomic mass is 16.3. The second-order valence-corrected chi connectivity index (χ2v) is 2.63. The molecule has 1 aromatic rings. The van der Waals surface area contributed by atoms with Gasteiger partial charge in [-0.15, -0.1) is 0 Å². The Morgan fingerprint density at radius 1 is 1.33 bits per heavy atom. The van der Waals surface area contributed by atoms with Gasteiger partial charge < -0.3 is 10.4 Å². The lowest BCUT2D eigenvalue weighted by Crippen LogP contribution is -2.20. The molecule has 1 rings (SSSR count). The van der Waals surface area contributed by atoms with Crippen LogP contribution in [0.1, 0.15) is 11.7 Å². The number of aliphatic hydroxyl groups excluding tert-OH is 1. The van der Waals surface area contributed by atoms with Crippen molar-refractivity contribution in [3.8, 4) is 0 Å². The monoisotopic (exact) mass is 164 g/mol. The van der Waals surface area contributed by atoms with Gasteiger partial charge in [-0.1, -0.05) is 30.3 Å². The Balaban J connectivity index is 2.48. The summed E-state index contributed by atoms with van der Waals surface area (Å²) < 4.78 is 0. The predicted molar refractivity (Wildman–Crippen MR) is 49.6 cm³/mol. The fourth-order valence-electron chi connectivity index (χ4n) is 1.03. The standard InChI is InChI=1S/C10H14NO/c1-2-11-8-10(12)9-6-4-3-5-7-9/h3-7,10-12H,1-2,8H2. The molecule has 0 aromatic heterocycles. The molecule has 0 bridgehead atoms. The molecule has 2 N–H and O–H groups in total. The van der Waals surface area contributed by atoms with Gasteiger partial charge in [-0.05, 0) is 19.0 Å². The van der Waals surface area contributed by atoms with Gasteiger partial charge in [-0.2, -0.15) is 0 Å². The van der Waals surface area contributed by atoms with Gasteiger partial charge in [0.1, 0.15) is 0 Å². The summed E-state index contributed by atoms with van der Waals surface area (Å²) in [6.07, 6.45) is -0.423. The van der Waals surface area contributed by atoms with Gasteiger partial charge in [-0.3, -0.25) is 0 Å². The van der Waals surface area contributed by atoms with Crippen molar-refractivity contribution in [3.05, 3.63) is 42.8 Å². The molecule has 0 aliphatic carbocycles. The third-order valence-corrected chi connectivity index (χ3v) is 1.70. The number of hydrogen-bond acceptors (Lipinski definition) is 2. The number of nitrogens with one attached hydrogen (secondary N) is 1. The molecule has 65 valence electrons. The average molecular weight is 164 g/mol. The van der Waals surface area contributed by atoms with E-state index in [0.717, 1.165) is 5.56 Å². The molecule has 12 heavy (non-hydrogen) atoms. The molecular formula is C10H14NO. The van der Waals surface area contributed by atoms with E-state index in [0.29, 0.717) is 13.1 Å². The summed E-state index contributed by atoms with van der Waals surface area (Å²) >= 11 is 0. The number of benzene rings is 1. The molecule has 0 saturated heterocycles. The molecule has 1 atom stereocenters. The van der Waals surface area contributed by atoms with Gasteiger partial charge in [0.15, 0.2) is 0 Å². The summed E-state index contributed by atoms with van der Waals surface area (Å²) in [7, 11) is 0. The van der Waals surface area contributed by atoms with Crippen LogP contribution in [0.3, 0.4) is 0 Å². The van der Waals surface area contributed by atoms with Crippen LogP contribution in [-0.4, -0.2) is 18.2 Å². The quantitative estimate of drug-likeness (QED) is 0.699. The molecule has 2 heteroatoms. The summed E-state index contributed by atoms with van der Waals surface area (Å²) in [6.45, 7) is 4.83. The molecular weight excluding hydrogens is 150 g/mol. The summed E-state index contributed by atoms with van der Waals surface area (Å²) in [4.78, 5) is 0. The van der Waals surface area contributed by atoms with Crippen molar-refractivity contribution in [2.45, 2.75) is 6.10 Å². The zero-order chi connectivity index (χ0) is 8.81. The largest absolute Gasteiger partial charge is 0.387 e. The van der Waals surface area contributed by atoms with Gasteiger partial charge in [-0.25, -0.2) is 0 Å². The minimum Gasteiger partial charge on any atom is -0.387 e. The Kier molecular flexibility index (Phi) is 3.77. The van der Waals surface area contributed by atoms with Crippen molar-refractivity contribution in [2.75, 3.05) is 13.1 Å². The molecule has 0 amide bonds. The Labute approximate surface area is 73.2 Å². The van der Waals surface area contributed by atoms with Crippen molar-refractivity contribution in [3.63, 3.8) is 0 Å². The molecule has 0 spiro atoms. The van der Waals surface area contributed by atoms with Crippen LogP contribution < -0.4 is 5.32 Å². The van der Waals surface area contributed by atoms with E-state index < -0.39 is 6.10 Å². The predicted octanol–water partition coefficient (Wildman–Crippen LogP) is 1.14. The first kappa shape index (κ1) is 9.23. The second-order valence-electron chi connectivity index (χ2n) is 2.63. The third-order valence-electron chi connectivity index (χ3n) is 1.70. The molecule has 1 aromatic carbocycles. The van der Waals surface area contributed by atoms with Crippen LogP contribution >= 0.6 is 0 Å². The zero-order valence-electron chi connectivity index (χ0n) is 7.03. The van der Waals surface area contributed by atoms with Crippen LogP contribution in [0.2, 0.25) is 0 Å². The fourth-order valence-corrected chi connectivity index (χ4v) is 1.03. The Morgan fingerprint density at radius 2 is 2.00 bits per heavy atom. The molecule has 1 radical (unpaired) electrons. The summed E-state index contributed by atoms with van der Waals surface area (Å²) in [5, 5.41) is 12.5. The zero-order valence-corrected chi connectivity index (χ0v) is 7.03. The first-order chi connectivity index (χ1) is 5.84. The molecule has 0 heterocycles. The SMILES string of the molecule is [CH2]CNCC(O)c1ccccc1. The molecule has 0 saturated carbocycles. The second kappa shape index (κ2) is 4.91. The lowest BCUT2D eigenvalue weighted by atomic mass is 10.1. The van der Waals surface area contributed by atoms with E-state index in [4.69, 9.17) is 0 Å². The highest BCUT2D eigenvalue weighted by Crippen LogP contribution is 2.09. The van der Waals surface area contributed by atoms with Gasteiger partial charge in [0.2, 0.25) is 0 Å². The summed E-state index contributed by atoms with van der Waals surface area (Å²) in [6, 6.07) is 9.60. The minimum atomic E-state index is -0.423.